The van der Waals surface area contributed by atoms with E-state index in [2.05, 4.69) is 48.5 Å². The zero-order chi connectivity index (χ0) is 31.8. The molecule has 0 heterocycles. The van der Waals surface area contributed by atoms with Crippen molar-refractivity contribution >= 4 is 0 Å². The summed E-state index contributed by atoms with van der Waals surface area (Å²) >= 11 is -0.473. The van der Waals surface area contributed by atoms with E-state index < -0.39 is 30.5 Å². The fourth-order valence-electron chi connectivity index (χ4n) is 2.22. The van der Waals surface area contributed by atoms with E-state index in [4.69, 9.17) is 28.4 Å². The third kappa shape index (κ3) is 34.1. The van der Waals surface area contributed by atoms with Crippen LogP contribution in [0.5, 0.6) is 0 Å². The van der Waals surface area contributed by atoms with Crippen molar-refractivity contribution in [3.63, 3.8) is 0 Å². The molecule has 0 aromatic carbocycles. The van der Waals surface area contributed by atoms with Crippen LogP contribution in [0.1, 0.15) is 125 Å². The zero-order valence-electron chi connectivity index (χ0n) is 28.1. The molecule has 0 unspecified atom stereocenters. The molecule has 0 aliphatic heterocycles. The fourth-order valence-corrected chi connectivity index (χ4v) is 3.52. The third-order valence-electron chi connectivity index (χ3n) is 2.94. The molecule has 0 spiro atoms. The molecule has 0 amide bonds. The van der Waals surface area contributed by atoms with Gasteiger partial charge in [-0.05, 0) is 83.1 Å². The van der Waals surface area contributed by atoms with E-state index in [1.165, 1.54) is 0 Å². The summed E-state index contributed by atoms with van der Waals surface area (Å²) in [7, 11) is 0. The van der Waals surface area contributed by atoms with Gasteiger partial charge in [0.15, 0.2) is 0 Å². The average molecular weight is 651 g/mol. The second kappa shape index (κ2) is 20.0. The van der Waals surface area contributed by atoms with Crippen LogP contribution >= 0.6 is 0 Å². The van der Waals surface area contributed by atoms with Crippen LogP contribution in [0.4, 0.5) is 0 Å². The van der Waals surface area contributed by atoms with Gasteiger partial charge in [0.25, 0.3) is 0 Å². The normalized spacial score (nSPS) is 13.1. The molecular formula is C28H62MoN2O8. The Kier molecular flexibility index (Phi) is 22.2. The monoisotopic (exact) mass is 652 g/mol. The van der Waals surface area contributed by atoms with Gasteiger partial charge in [-0.1, -0.05) is 0 Å². The van der Waals surface area contributed by atoms with Gasteiger partial charge in [0.1, 0.15) is 0 Å². The topological polar surface area (TPSA) is 121 Å². The van der Waals surface area contributed by atoms with Gasteiger partial charge < -0.3 is 38.6 Å². The maximum Gasteiger partial charge on any atom is 0.410 e. The zero-order valence-corrected chi connectivity index (χ0v) is 30.1. The molecule has 0 aromatic heterocycles. The van der Waals surface area contributed by atoms with Crippen LogP contribution in [0.3, 0.4) is 0 Å². The van der Waals surface area contributed by atoms with Crippen molar-refractivity contribution in [3.8, 4) is 0 Å². The van der Waals surface area contributed by atoms with Gasteiger partial charge in [-0.3, -0.25) is 0 Å². The van der Waals surface area contributed by atoms with E-state index >= 15 is 0 Å². The van der Waals surface area contributed by atoms with Gasteiger partial charge in [-0.25, -0.2) is 0 Å². The summed E-state index contributed by atoms with van der Waals surface area (Å²) in [6.07, 6.45) is -4.88. The predicted molar refractivity (Wildman–Crippen MR) is 152 cm³/mol. The first kappa shape index (κ1) is 43.4. The number of nitrogens with zero attached hydrogens (tertiary/aromatic N) is 2. The Hall–Kier alpha value is -0.0317. The summed E-state index contributed by atoms with van der Waals surface area (Å²) < 4.78 is 40.0. The molecule has 11 heteroatoms. The molecule has 0 bridgehead atoms. The van der Waals surface area contributed by atoms with Gasteiger partial charge >= 0.3 is 90.1 Å². The molecule has 0 fully saturated rings. The molecule has 238 valence electrons. The van der Waals surface area contributed by atoms with Crippen molar-refractivity contribution < 1.29 is 56.8 Å². The van der Waals surface area contributed by atoms with Crippen molar-refractivity contribution in [3.05, 3.63) is 0 Å². The summed E-state index contributed by atoms with van der Waals surface area (Å²) in [6, 6.07) is 0. The summed E-state index contributed by atoms with van der Waals surface area (Å²) in [5.74, 6) is 0. The van der Waals surface area contributed by atoms with E-state index in [1.54, 1.807) is 83.1 Å². The maximum absolute atomic E-state index is 9.86. The molecular weight excluding hydrogens is 588 g/mol. The Labute approximate surface area is 248 Å². The first-order valence-electron chi connectivity index (χ1n) is 13.8. The van der Waals surface area contributed by atoms with Gasteiger partial charge in [-0.2, -0.15) is 0 Å². The van der Waals surface area contributed by atoms with Crippen LogP contribution in [0, 0.1) is 0 Å². The second-order valence-corrected chi connectivity index (χ2v) is 14.0. The molecule has 2 N–H and O–H groups in total. The van der Waals surface area contributed by atoms with Crippen LogP contribution in [-0.2, 0) is 46.6 Å². The number of aliphatic hydroxyl groups is 2. The molecule has 0 saturated heterocycles. The van der Waals surface area contributed by atoms with Crippen molar-refractivity contribution in [2.75, 3.05) is 0 Å². The van der Waals surface area contributed by atoms with Crippen molar-refractivity contribution in [2.45, 2.75) is 185 Å². The number of ether oxygens (including phenoxy) is 6. The van der Waals surface area contributed by atoms with Crippen LogP contribution < -0.4 is 0 Å². The van der Waals surface area contributed by atoms with Crippen molar-refractivity contribution in [1.82, 2.24) is 0 Å². The Bertz CT molecular complexity index is 571. The first-order chi connectivity index (χ1) is 17.2. The molecule has 39 heavy (non-hydrogen) atoms. The van der Waals surface area contributed by atoms with E-state index in [0.29, 0.717) is 0 Å². The third-order valence-corrected chi connectivity index (χ3v) is 6.03. The van der Waals surface area contributed by atoms with Crippen molar-refractivity contribution in [2.24, 2.45) is 6.99 Å². The van der Waals surface area contributed by atoms with Crippen LogP contribution in [0.25, 0.3) is 0 Å². The number of hydrogen-bond donors (Lipinski definition) is 2. The maximum atomic E-state index is 9.86. The minimum absolute atomic E-state index is 0.108. The average Bonchev–Trinajstić information content (AvgIpc) is 2.54. The summed E-state index contributed by atoms with van der Waals surface area (Å²) in [5, 5.41) is 19.7. The van der Waals surface area contributed by atoms with Crippen LogP contribution in [0.15, 0.2) is 6.99 Å². The SMILES string of the molecule is CC(C)(C)[N]=[Mo]=[N]C(C)(C)C.CC(C)OC(O)(OC(C)C)OC(C)C.CC(C)OC(O)(OC(C)C)OC(C)C. The van der Waals surface area contributed by atoms with E-state index in [0.717, 1.165) is 0 Å². The van der Waals surface area contributed by atoms with E-state index in [-0.39, 0.29) is 47.7 Å². The molecule has 0 aliphatic rings. The number of hydrogen-bond acceptors (Lipinski definition) is 10. The Balaban J connectivity index is -0.000000503. The summed E-state index contributed by atoms with van der Waals surface area (Å²) in [4.78, 5) is 0. The van der Waals surface area contributed by atoms with Crippen LogP contribution in [-0.4, -0.2) is 70.2 Å². The van der Waals surface area contributed by atoms with Gasteiger partial charge in [0.05, 0.1) is 36.6 Å². The second-order valence-electron chi connectivity index (χ2n) is 12.7. The molecule has 0 aromatic rings. The molecule has 0 rings (SSSR count). The fraction of sp³-hybridized carbons (Fsp3) is 1.00. The first-order valence-corrected chi connectivity index (χ1v) is 15.6. The Morgan fingerprint density at radius 3 is 0.667 bits per heavy atom. The molecule has 0 aliphatic carbocycles. The van der Waals surface area contributed by atoms with Gasteiger partial charge in [0, 0.05) is 0 Å². The molecule has 0 saturated carbocycles. The van der Waals surface area contributed by atoms with Crippen molar-refractivity contribution in [1.29, 1.82) is 0 Å². The largest absolute Gasteiger partial charge is 0.410 e. The molecule has 0 radical (unpaired) electrons. The Morgan fingerprint density at radius 1 is 0.410 bits per heavy atom. The van der Waals surface area contributed by atoms with Crippen LogP contribution in [0.2, 0.25) is 0 Å². The standard InChI is InChI=1S/2C10H22O4.2C4H9N.Mo/c2*1-7(2)12-10(11,13-8(3)4)14-9(5)6;2*1-4(2,3)5;/h2*7-9,11H,1-6H3;2*1-3H3;. The minimum atomic E-state index is -1.93. The summed E-state index contributed by atoms with van der Waals surface area (Å²) in [6.45, 7) is 34.4. The summed E-state index contributed by atoms with van der Waals surface area (Å²) in [5.41, 5.74) is 0.216. The quantitative estimate of drug-likeness (QED) is 0.176. The smallest absolute Gasteiger partial charge is 0.319 e. The minimum Gasteiger partial charge on any atom is -0.319 e. The van der Waals surface area contributed by atoms with Gasteiger partial charge in [0.2, 0.25) is 0 Å². The molecule has 0 atom stereocenters. The predicted octanol–water partition coefficient (Wildman–Crippen LogP) is 6.76. The molecule has 10 nitrogen and oxygen atoms in total. The van der Waals surface area contributed by atoms with Gasteiger partial charge in [-0.15, -0.1) is 0 Å². The Morgan fingerprint density at radius 2 is 0.564 bits per heavy atom. The number of rotatable bonds is 12. The van der Waals surface area contributed by atoms with E-state index in [1.807, 2.05) is 0 Å². The van der Waals surface area contributed by atoms with E-state index in [9.17, 15) is 10.2 Å².